The molecule has 0 spiro atoms. The normalized spacial score (nSPS) is 11.1. The number of fused-ring (bicyclic) bond motifs is 1. The Morgan fingerprint density at radius 2 is 2.33 bits per heavy atom. The van der Waals surface area contributed by atoms with Crippen molar-refractivity contribution in [2.45, 2.75) is 13.5 Å². The summed E-state index contributed by atoms with van der Waals surface area (Å²) in [7, 11) is 0. The summed E-state index contributed by atoms with van der Waals surface area (Å²) in [6, 6.07) is 2.52. The second kappa shape index (κ2) is 4.16. The highest BCUT2D eigenvalue weighted by atomic mass is 35.5. The van der Waals surface area contributed by atoms with Gasteiger partial charge in [0.05, 0.1) is 11.6 Å². The molecule has 2 rings (SSSR count). The fraction of sp³-hybridized carbons (Fsp3) is 0.300. The molecule has 1 aromatic heterocycles. The standard InChI is InChI=1S/C10H10ClFN2O/c1-2-13-5-9-14-8-4-6(12)3-7(11)10(8)15-9/h3-4,13H,2,5H2,1H3. The number of rotatable bonds is 3. The van der Waals surface area contributed by atoms with Crippen molar-refractivity contribution >= 4 is 22.7 Å². The van der Waals surface area contributed by atoms with Crippen molar-refractivity contribution in [1.29, 1.82) is 0 Å². The van der Waals surface area contributed by atoms with Gasteiger partial charge in [-0.1, -0.05) is 18.5 Å². The highest BCUT2D eigenvalue weighted by molar-refractivity contribution is 6.34. The first kappa shape index (κ1) is 10.4. The van der Waals surface area contributed by atoms with Crippen LogP contribution in [0.25, 0.3) is 11.1 Å². The van der Waals surface area contributed by atoms with Crippen LogP contribution in [0.15, 0.2) is 16.5 Å². The van der Waals surface area contributed by atoms with Gasteiger partial charge in [-0.05, 0) is 12.6 Å². The summed E-state index contributed by atoms with van der Waals surface area (Å²) in [4.78, 5) is 4.12. The Hall–Kier alpha value is -1.13. The number of halogens is 2. The van der Waals surface area contributed by atoms with Crippen LogP contribution < -0.4 is 5.32 Å². The van der Waals surface area contributed by atoms with Crippen LogP contribution in [0.2, 0.25) is 5.02 Å². The molecule has 80 valence electrons. The van der Waals surface area contributed by atoms with Gasteiger partial charge in [0.25, 0.3) is 0 Å². The summed E-state index contributed by atoms with van der Waals surface area (Å²) in [5.74, 6) is 0.107. The van der Waals surface area contributed by atoms with Crippen molar-refractivity contribution in [3.8, 4) is 0 Å². The molecule has 1 N–H and O–H groups in total. The molecule has 0 radical (unpaired) electrons. The summed E-state index contributed by atoms with van der Waals surface area (Å²) in [6.45, 7) is 3.32. The molecule has 0 aliphatic carbocycles. The average molecular weight is 229 g/mol. The molecule has 3 nitrogen and oxygen atoms in total. The molecule has 0 fully saturated rings. The Labute approximate surface area is 91.2 Å². The summed E-state index contributed by atoms with van der Waals surface area (Å²) in [5, 5.41) is 3.32. The van der Waals surface area contributed by atoms with Crippen LogP contribution in [0.3, 0.4) is 0 Å². The maximum absolute atomic E-state index is 13.0. The third-order valence-electron chi connectivity index (χ3n) is 1.98. The van der Waals surface area contributed by atoms with Crippen LogP contribution >= 0.6 is 11.6 Å². The number of benzene rings is 1. The molecule has 0 atom stereocenters. The van der Waals surface area contributed by atoms with E-state index in [1.807, 2.05) is 6.92 Å². The number of hydrogen-bond acceptors (Lipinski definition) is 3. The molecular weight excluding hydrogens is 219 g/mol. The largest absolute Gasteiger partial charge is 0.438 e. The molecule has 0 aliphatic rings. The van der Waals surface area contributed by atoms with E-state index >= 15 is 0 Å². The van der Waals surface area contributed by atoms with Gasteiger partial charge >= 0.3 is 0 Å². The van der Waals surface area contributed by atoms with Crippen molar-refractivity contribution in [2.24, 2.45) is 0 Å². The lowest BCUT2D eigenvalue weighted by atomic mass is 10.3. The van der Waals surface area contributed by atoms with Crippen molar-refractivity contribution in [3.63, 3.8) is 0 Å². The Kier molecular flexibility index (Phi) is 2.88. The summed E-state index contributed by atoms with van der Waals surface area (Å²) in [5.41, 5.74) is 0.888. The highest BCUT2D eigenvalue weighted by Crippen LogP contribution is 2.25. The van der Waals surface area contributed by atoms with E-state index in [9.17, 15) is 4.39 Å². The smallest absolute Gasteiger partial charge is 0.209 e. The molecule has 0 saturated heterocycles. The Bertz CT molecular complexity index is 483. The van der Waals surface area contributed by atoms with E-state index < -0.39 is 5.82 Å². The third-order valence-corrected chi connectivity index (χ3v) is 2.26. The van der Waals surface area contributed by atoms with Gasteiger partial charge in [-0.3, -0.25) is 0 Å². The van der Waals surface area contributed by atoms with E-state index in [2.05, 4.69) is 10.3 Å². The van der Waals surface area contributed by atoms with E-state index in [1.54, 1.807) is 0 Å². The SMILES string of the molecule is CCNCc1nc2cc(F)cc(Cl)c2o1. The van der Waals surface area contributed by atoms with Gasteiger partial charge < -0.3 is 9.73 Å². The number of nitrogens with one attached hydrogen (secondary N) is 1. The van der Waals surface area contributed by atoms with Crippen LogP contribution in [0.5, 0.6) is 0 Å². The van der Waals surface area contributed by atoms with E-state index in [4.69, 9.17) is 16.0 Å². The van der Waals surface area contributed by atoms with Gasteiger partial charge in [0.2, 0.25) is 5.89 Å². The number of aromatic nitrogens is 1. The fourth-order valence-electron chi connectivity index (χ4n) is 1.31. The predicted octanol–water partition coefficient (Wildman–Crippen LogP) is 2.73. The van der Waals surface area contributed by atoms with E-state index in [-0.39, 0.29) is 5.02 Å². The lowest BCUT2D eigenvalue weighted by Gasteiger charge is -1.93. The average Bonchev–Trinajstić information content (AvgIpc) is 2.57. The van der Waals surface area contributed by atoms with Gasteiger partial charge in [0.15, 0.2) is 5.58 Å². The van der Waals surface area contributed by atoms with Crippen LogP contribution in [0.1, 0.15) is 12.8 Å². The molecular formula is C10H10ClFN2O. The first-order chi connectivity index (χ1) is 7.20. The molecule has 5 heteroatoms. The van der Waals surface area contributed by atoms with Crippen molar-refractivity contribution in [2.75, 3.05) is 6.54 Å². The van der Waals surface area contributed by atoms with Crippen LogP contribution in [0.4, 0.5) is 4.39 Å². The molecule has 0 saturated carbocycles. The van der Waals surface area contributed by atoms with E-state index in [0.717, 1.165) is 6.54 Å². The molecule has 0 unspecified atom stereocenters. The van der Waals surface area contributed by atoms with Crippen molar-refractivity contribution in [3.05, 3.63) is 28.9 Å². The second-order valence-corrected chi connectivity index (χ2v) is 3.53. The van der Waals surface area contributed by atoms with Gasteiger partial charge in [-0.2, -0.15) is 0 Å². The van der Waals surface area contributed by atoms with Gasteiger partial charge in [-0.15, -0.1) is 0 Å². The molecule has 0 aliphatic heterocycles. The monoisotopic (exact) mass is 228 g/mol. The maximum Gasteiger partial charge on any atom is 0.209 e. The second-order valence-electron chi connectivity index (χ2n) is 3.12. The van der Waals surface area contributed by atoms with Crippen LogP contribution in [-0.4, -0.2) is 11.5 Å². The topological polar surface area (TPSA) is 38.1 Å². The molecule has 0 bridgehead atoms. The lowest BCUT2D eigenvalue weighted by molar-refractivity contribution is 0.501. The lowest BCUT2D eigenvalue weighted by Crippen LogP contribution is -2.11. The highest BCUT2D eigenvalue weighted by Gasteiger charge is 2.10. The molecule has 1 heterocycles. The zero-order chi connectivity index (χ0) is 10.8. The first-order valence-electron chi connectivity index (χ1n) is 4.66. The summed E-state index contributed by atoms with van der Waals surface area (Å²) >= 11 is 5.82. The zero-order valence-corrected chi connectivity index (χ0v) is 8.94. The minimum atomic E-state index is -0.407. The van der Waals surface area contributed by atoms with Gasteiger partial charge in [-0.25, -0.2) is 9.37 Å². The quantitative estimate of drug-likeness (QED) is 0.878. The predicted molar refractivity (Wildman–Crippen MR) is 56.4 cm³/mol. The maximum atomic E-state index is 13.0. The molecule has 0 amide bonds. The Morgan fingerprint density at radius 1 is 1.53 bits per heavy atom. The summed E-state index contributed by atoms with van der Waals surface area (Å²) in [6.07, 6.45) is 0. The third kappa shape index (κ3) is 2.11. The number of nitrogens with zero attached hydrogens (tertiary/aromatic N) is 1. The molecule has 2 aromatic rings. The molecule has 15 heavy (non-hydrogen) atoms. The van der Waals surface area contributed by atoms with Gasteiger partial charge in [0.1, 0.15) is 11.3 Å². The minimum Gasteiger partial charge on any atom is -0.438 e. The van der Waals surface area contributed by atoms with Crippen molar-refractivity contribution < 1.29 is 8.81 Å². The van der Waals surface area contributed by atoms with E-state index in [1.165, 1.54) is 12.1 Å². The van der Waals surface area contributed by atoms with E-state index in [0.29, 0.717) is 23.5 Å². The van der Waals surface area contributed by atoms with Crippen molar-refractivity contribution in [1.82, 2.24) is 10.3 Å². The number of oxazole rings is 1. The van der Waals surface area contributed by atoms with Crippen LogP contribution in [0, 0.1) is 5.82 Å². The summed E-state index contributed by atoms with van der Waals surface area (Å²) < 4.78 is 18.4. The minimum absolute atomic E-state index is 0.250. The first-order valence-corrected chi connectivity index (χ1v) is 5.03. The Balaban J connectivity index is 2.41. The zero-order valence-electron chi connectivity index (χ0n) is 8.18. The van der Waals surface area contributed by atoms with Crippen LogP contribution in [-0.2, 0) is 6.54 Å². The molecule has 1 aromatic carbocycles. The van der Waals surface area contributed by atoms with Gasteiger partial charge in [0, 0.05) is 6.07 Å². The Morgan fingerprint density at radius 3 is 3.07 bits per heavy atom. The number of hydrogen-bond donors (Lipinski definition) is 1. The fourth-order valence-corrected chi connectivity index (χ4v) is 1.55.